The van der Waals surface area contributed by atoms with E-state index >= 15 is 0 Å². The van der Waals surface area contributed by atoms with Crippen molar-refractivity contribution in [3.05, 3.63) is 45.1 Å². The van der Waals surface area contributed by atoms with Crippen molar-refractivity contribution in [3.63, 3.8) is 0 Å². The van der Waals surface area contributed by atoms with Gasteiger partial charge in [0.1, 0.15) is 6.54 Å². The van der Waals surface area contributed by atoms with Crippen molar-refractivity contribution in [3.8, 4) is 0 Å². The van der Waals surface area contributed by atoms with E-state index in [0.29, 0.717) is 29.0 Å². The van der Waals surface area contributed by atoms with Crippen LogP contribution in [0.2, 0.25) is 0 Å². The average molecular weight is 522 g/mol. The molecule has 7 nitrogen and oxygen atoms in total. The molecule has 3 heterocycles. The molecule has 2 aromatic rings. The lowest BCUT2D eigenvalue weighted by atomic mass is 9.64. The fourth-order valence-corrected chi connectivity index (χ4v) is 8.88. The van der Waals surface area contributed by atoms with Gasteiger partial charge in [-0.2, -0.15) is 0 Å². The van der Waals surface area contributed by atoms with Gasteiger partial charge in [0.2, 0.25) is 0 Å². The molecule has 4 fully saturated rings. The molecule has 4 unspecified atom stereocenters. The third kappa shape index (κ3) is 4.65. The molecule has 2 saturated carbocycles. The fourth-order valence-electron chi connectivity index (χ4n) is 8.88. The lowest BCUT2D eigenvalue weighted by molar-refractivity contribution is -0.143. The van der Waals surface area contributed by atoms with Crippen LogP contribution in [0.15, 0.2) is 33.9 Å². The van der Waals surface area contributed by atoms with Gasteiger partial charge in [0, 0.05) is 24.2 Å². The molecular weight excluding hydrogens is 478 g/mol. The van der Waals surface area contributed by atoms with Gasteiger partial charge >= 0.3 is 11.7 Å². The van der Waals surface area contributed by atoms with Crippen molar-refractivity contribution in [1.29, 1.82) is 0 Å². The van der Waals surface area contributed by atoms with Gasteiger partial charge in [-0.25, -0.2) is 4.79 Å². The van der Waals surface area contributed by atoms with Gasteiger partial charge in [-0.05, 0) is 94.6 Å². The van der Waals surface area contributed by atoms with E-state index in [-0.39, 0.29) is 30.4 Å². The summed E-state index contributed by atoms with van der Waals surface area (Å²) in [5, 5.41) is 0.495. The van der Waals surface area contributed by atoms with E-state index < -0.39 is 5.97 Å². The van der Waals surface area contributed by atoms with Gasteiger partial charge in [0.05, 0.1) is 17.5 Å². The summed E-state index contributed by atoms with van der Waals surface area (Å²) >= 11 is 0. The predicted molar refractivity (Wildman–Crippen MR) is 148 cm³/mol. The number of carbonyl (C=O) groups excluding carboxylic acids is 1. The van der Waals surface area contributed by atoms with Crippen LogP contribution in [0, 0.1) is 17.8 Å². The Labute approximate surface area is 225 Å². The average Bonchev–Trinajstić information content (AvgIpc) is 2.90. The second-order valence-corrected chi connectivity index (χ2v) is 12.5. The first kappa shape index (κ1) is 25.8. The summed E-state index contributed by atoms with van der Waals surface area (Å²) in [4.78, 5) is 42.8. The summed E-state index contributed by atoms with van der Waals surface area (Å²) in [5.41, 5.74) is -0.0975. The summed E-state index contributed by atoms with van der Waals surface area (Å²) in [6, 6.07) is 8.53. The Morgan fingerprint density at radius 3 is 2.21 bits per heavy atom. The smallest absolute Gasteiger partial charge is 0.332 e. The summed E-state index contributed by atoms with van der Waals surface area (Å²) < 4.78 is 8.10. The zero-order chi connectivity index (χ0) is 26.4. The summed E-state index contributed by atoms with van der Waals surface area (Å²) in [6.45, 7) is 4.19. The highest BCUT2D eigenvalue weighted by atomic mass is 16.5. The summed E-state index contributed by atoms with van der Waals surface area (Å²) in [6.07, 6.45) is 13.4. The predicted octanol–water partition coefficient (Wildman–Crippen LogP) is 4.89. The fraction of sp³-hybridized carbons (Fsp3) is 0.710. The molecule has 4 bridgehead atoms. The number of esters is 1. The number of aromatic nitrogens is 2. The topological polar surface area (TPSA) is 73.5 Å². The number of nitrogens with zero attached hydrogens (tertiary/aromatic N) is 3. The Morgan fingerprint density at radius 2 is 1.55 bits per heavy atom. The van der Waals surface area contributed by atoms with E-state index in [2.05, 4.69) is 11.8 Å². The molecule has 4 atom stereocenters. The number of benzene rings is 1. The van der Waals surface area contributed by atoms with Crippen molar-refractivity contribution in [1.82, 2.24) is 14.0 Å². The van der Waals surface area contributed by atoms with Crippen LogP contribution >= 0.6 is 0 Å². The van der Waals surface area contributed by atoms with Crippen molar-refractivity contribution < 1.29 is 9.53 Å². The molecule has 0 radical (unpaired) electrons. The Morgan fingerprint density at radius 1 is 0.868 bits per heavy atom. The van der Waals surface area contributed by atoms with Crippen LogP contribution in [0.3, 0.4) is 0 Å². The standard InChI is InChI=1S/C31H43N3O4/c1-3-20-12-21-14-22(13-20)16-25(15-21)33-23-8-7-9-24(33)18-26(17-23)34-30(36)27-10-5-6-11-28(27)32(31(34)37)19-29(35)38-4-2/h5-6,10-11,20-26H,3-4,7-9,12-19H2,1-2H3. The molecule has 206 valence electrons. The number of carbonyl (C=O) groups is 1. The number of hydrogen-bond acceptors (Lipinski definition) is 5. The van der Waals surface area contributed by atoms with Crippen LogP contribution < -0.4 is 11.2 Å². The highest BCUT2D eigenvalue weighted by molar-refractivity contribution is 5.80. The van der Waals surface area contributed by atoms with Gasteiger partial charge in [0.25, 0.3) is 5.56 Å². The lowest BCUT2D eigenvalue weighted by Gasteiger charge is -2.55. The number of piperidine rings is 2. The minimum Gasteiger partial charge on any atom is -0.465 e. The molecule has 0 N–H and O–H groups in total. The molecule has 7 heteroatoms. The summed E-state index contributed by atoms with van der Waals surface area (Å²) in [7, 11) is 0. The van der Waals surface area contributed by atoms with Gasteiger partial charge in [-0.3, -0.25) is 23.6 Å². The normalized spacial score (nSPS) is 33.3. The van der Waals surface area contributed by atoms with E-state index in [1.165, 1.54) is 54.1 Å². The first-order valence-electron chi connectivity index (χ1n) is 15.1. The zero-order valence-electron chi connectivity index (χ0n) is 23.0. The minimum absolute atomic E-state index is 0.132. The van der Waals surface area contributed by atoms with E-state index in [1.807, 2.05) is 6.07 Å². The van der Waals surface area contributed by atoms with Gasteiger partial charge in [0.15, 0.2) is 0 Å². The Bertz CT molecular complexity index is 1270. The highest BCUT2D eigenvalue weighted by Gasteiger charge is 2.46. The molecule has 2 aliphatic heterocycles. The first-order chi connectivity index (χ1) is 18.5. The van der Waals surface area contributed by atoms with Crippen LogP contribution in [-0.4, -0.2) is 44.7 Å². The van der Waals surface area contributed by atoms with Gasteiger partial charge in [-0.1, -0.05) is 31.9 Å². The molecule has 0 spiro atoms. The molecule has 0 amide bonds. The lowest BCUT2D eigenvalue weighted by Crippen LogP contribution is -2.59. The molecule has 1 aromatic heterocycles. The number of fused-ring (bicyclic) bond motifs is 5. The Balaban J connectivity index is 1.30. The van der Waals surface area contributed by atoms with Crippen LogP contribution in [-0.2, 0) is 16.1 Å². The molecule has 2 aliphatic carbocycles. The third-order valence-electron chi connectivity index (χ3n) is 10.3. The molecular formula is C31H43N3O4. The van der Waals surface area contributed by atoms with Crippen LogP contribution in [0.5, 0.6) is 0 Å². The van der Waals surface area contributed by atoms with E-state index in [0.717, 1.165) is 43.4 Å². The van der Waals surface area contributed by atoms with Crippen molar-refractivity contribution >= 4 is 16.9 Å². The van der Waals surface area contributed by atoms with Crippen molar-refractivity contribution in [2.75, 3.05) is 6.61 Å². The maximum absolute atomic E-state index is 13.8. The van der Waals surface area contributed by atoms with E-state index in [9.17, 15) is 14.4 Å². The highest BCUT2D eigenvalue weighted by Crippen LogP contribution is 2.48. The van der Waals surface area contributed by atoms with E-state index in [4.69, 9.17) is 4.74 Å². The Hall–Kier alpha value is -2.41. The van der Waals surface area contributed by atoms with Crippen molar-refractivity contribution in [2.24, 2.45) is 17.8 Å². The quantitative estimate of drug-likeness (QED) is 0.506. The second-order valence-electron chi connectivity index (χ2n) is 12.5. The SMILES string of the molecule is CCOC(=O)Cn1c(=O)n(C2CC3CCCC(C2)N3C2CC3CC(CC)CC(C3)C2)c(=O)c2ccccc21. The number of para-hydroxylation sites is 1. The van der Waals surface area contributed by atoms with Crippen LogP contribution in [0.25, 0.3) is 10.9 Å². The maximum atomic E-state index is 13.8. The van der Waals surface area contributed by atoms with Crippen molar-refractivity contribution in [2.45, 2.75) is 115 Å². The number of ether oxygens (including phenoxy) is 1. The molecule has 38 heavy (non-hydrogen) atoms. The monoisotopic (exact) mass is 521 g/mol. The van der Waals surface area contributed by atoms with Crippen LogP contribution in [0.1, 0.15) is 90.5 Å². The van der Waals surface area contributed by atoms with Gasteiger partial charge < -0.3 is 4.74 Å². The molecule has 6 rings (SSSR count). The van der Waals surface area contributed by atoms with Crippen LogP contribution in [0.4, 0.5) is 0 Å². The molecule has 1 aromatic carbocycles. The largest absolute Gasteiger partial charge is 0.465 e. The molecule has 2 saturated heterocycles. The maximum Gasteiger partial charge on any atom is 0.332 e. The summed E-state index contributed by atoms with van der Waals surface area (Å²) in [5.74, 6) is 2.20. The first-order valence-corrected chi connectivity index (χ1v) is 15.1. The van der Waals surface area contributed by atoms with Gasteiger partial charge in [-0.15, -0.1) is 0 Å². The van der Waals surface area contributed by atoms with E-state index in [1.54, 1.807) is 25.1 Å². The Kier molecular flexibility index (Phi) is 7.23. The molecule has 4 aliphatic rings. The zero-order valence-corrected chi connectivity index (χ0v) is 23.0. The minimum atomic E-state index is -0.454. The second kappa shape index (κ2) is 10.6. The third-order valence-corrected chi connectivity index (χ3v) is 10.3. The number of hydrogen-bond donors (Lipinski definition) is 0. The number of rotatable bonds is 6.